The fourth-order valence-corrected chi connectivity index (χ4v) is 4.61. The molecule has 0 spiro atoms. The minimum atomic E-state index is -0.0466. The highest BCUT2D eigenvalue weighted by atomic mass is 32.1. The Morgan fingerprint density at radius 2 is 2.19 bits per heavy atom. The second kappa shape index (κ2) is 7.82. The Bertz CT molecular complexity index is 822. The Balaban J connectivity index is 1.49. The molecular formula is C19H24N4O3S. The summed E-state index contributed by atoms with van der Waals surface area (Å²) in [6.45, 7) is 2.94. The lowest BCUT2D eigenvalue weighted by molar-refractivity contribution is -0.121. The maximum atomic E-state index is 12.5. The fraction of sp³-hybridized carbons (Fsp3) is 0.526. The average molecular weight is 388 g/mol. The van der Waals surface area contributed by atoms with E-state index in [4.69, 9.17) is 9.84 Å². The molecule has 2 aromatic rings. The first-order valence-corrected chi connectivity index (χ1v) is 10.2. The number of piperidine rings is 1. The monoisotopic (exact) mass is 388 g/mol. The molecule has 0 unspecified atom stereocenters. The first kappa shape index (κ1) is 18.2. The van der Waals surface area contributed by atoms with Gasteiger partial charge < -0.3 is 15.0 Å². The van der Waals surface area contributed by atoms with Crippen molar-refractivity contribution in [1.29, 1.82) is 0 Å². The molecule has 2 aromatic heterocycles. The minimum absolute atomic E-state index is 0.0466. The Kier molecular flexibility index (Phi) is 5.27. The van der Waals surface area contributed by atoms with Crippen LogP contribution in [0.3, 0.4) is 0 Å². The second-order valence-electron chi connectivity index (χ2n) is 6.99. The predicted octanol–water partition coefficient (Wildman–Crippen LogP) is 1.78. The van der Waals surface area contributed by atoms with Gasteiger partial charge in [0.15, 0.2) is 0 Å². The van der Waals surface area contributed by atoms with Crippen LogP contribution in [0, 0.1) is 0 Å². The summed E-state index contributed by atoms with van der Waals surface area (Å²) >= 11 is 1.49. The topological polar surface area (TPSA) is 76.5 Å². The zero-order valence-corrected chi connectivity index (χ0v) is 16.3. The van der Waals surface area contributed by atoms with Crippen LogP contribution in [0.4, 0.5) is 0 Å². The Morgan fingerprint density at radius 1 is 1.37 bits per heavy atom. The summed E-state index contributed by atoms with van der Waals surface area (Å²) in [6.07, 6.45) is 2.57. The zero-order valence-electron chi connectivity index (χ0n) is 15.4. The molecule has 144 valence electrons. The van der Waals surface area contributed by atoms with Gasteiger partial charge in [0.05, 0.1) is 23.8 Å². The lowest BCUT2D eigenvalue weighted by Gasteiger charge is -2.31. The van der Waals surface area contributed by atoms with E-state index in [1.165, 1.54) is 11.3 Å². The molecule has 1 N–H and O–H groups in total. The van der Waals surface area contributed by atoms with Gasteiger partial charge in [0.1, 0.15) is 6.54 Å². The van der Waals surface area contributed by atoms with E-state index < -0.39 is 0 Å². The van der Waals surface area contributed by atoms with Gasteiger partial charge in [-0.05, 0) is 24.3 Å². The van der Waals surface area contributed by atoms with Gasteiger partial charge in [0, 0.05) is 43.7 Å². The molecule has 2 aliphatic heterocycles. The summed E-state index contributed by atoms with van der Waals surface area (Å²) in [5.41, 5.74) is 3.32. The van der Waals surface area contributed by atoms with E-state index in [1.54, 1.807) is 7.05 Å². The number of nitrogens with one attached hydrogen (secondary N) is 1. The number of fused-ring (bicyclic) bond motifs is 1. The molecule has 2 amide bonds. The van der Waals surface area contributed by atoms with Crippen LogP contribution in [-0.2, 0) is 29.1 Å². The van der Waals surface area contributed by atoms with Gasteiger partial charge in [0.25, 0.3) is 5.91 Å². The molecule has 0 bridgehead atoms. The first-order valence-electron chi connectivity index (χ1n) is 9.37. The van der Waals surface area contributed by atoms with Crippen molar-refractivity contribution in [3.05, 3.63) is 39.3 Å². The molecule has 4 heterocycles. The molecule has 2 aliphatic rings. The van der Waals surface area contributed by atoms with Gasteiger partial charge in [-0.15, -0.1) is 11.3 Å². The van der Waals surface area contributed by atoms with E-state index in [9.17, 15) is 9.59 Å². The molecule has 0 radical (unpaired) electrons. The lowest BCUT2D eigenvalue weighted by Crippen LogP contribution is -2.37. The molecule has 0 aromatic carbocycles. The number of thiophene rings is 1. The summed E-state index contributed by atoms with van der Waals surface area (Å²) in [7, 11) is 1.64. The van der Waals surface area contributed by atoms with Crippen molar-refractivity contribution >= 4 is 23.2 Å². The largest absolute Gasteiger partial charge is 0.376 e. The molecule has 0 atom stereocenters. The van der Waals surface area contributed by atoms with Crippen LogP contribution in [0.25, 0.3) is 0 Å². The number of likely N-dealkylation sites (tertiary alicyclic amines) is 1. The van der Waals surface area contributed by atoms with Gasteiger partial charge in [-0.25, -0.2) is 0 Å². The van der Waals surface area contributed by atoms with Crippen LogP contribution >= 0.6 is 11.3 Å². The number of rotatable bonds is 4. The minimum Gasteiger partial charge on any atom is -0.376 e. The summed E-state index contributed by atoms with van der Waals surface area (Å²) in [5, 5.41) is 9.40. The molecule has 0 aliphatic carbocycles. The number of likely N-dealkylation sites (N-methyl/N-ethyl adjacent to an activating group) is 1. The summed E-state index contributed by atoms with van der Waals surface area (Å²) in [4.78, 5) is 27.1. The van der Waals surface area contributed by atoms with E-state index in [2.05, 4.69) is 5.32 Å². The Labute approximate surface area is 162 Å². The van der Waals surface area contributed by atoms with Gasteiger partial charge in [-0.3, -0.25) is 14.3 Å². The highest BCUT2D eigenvalue weighted by molar-refractivity contribution is 7.12. The second-order valence-corrected chi connectivity index (χ2v) is 7.94. The fourth-order valence-electron chi connectivity index (χ4n) is 3.92. The number of carbonyl (C=O) groups excluding carboxylic acids is 2. The van der Waals surface area contributed by atoms with Crippen LogP contribution in [0.1, 0.15) is 45.4 Å². The molecule has 1 saturated heterocycles. The highest BCUT2D eigenvalue weighted by Gasteiger charge is 2.31. The number of carbonyl (C=O) groups is 2. The van der Waals surface area contributed by atoms with E-state index in [0.29, 0.717) is 19.1 Å². The van der Waals surface area contributed by atoms with Crippen LogP contribution in [0.5, 0.6) is 0 Å². The van der Waals surface area contributed by atoms with Crippen molar-refractivity contribution in [2.75, 3.05) is 26.7 Å². The number of amides is 2. The van der Waals surface area contributed by atoms with E-state index in [1.807, 2.05) is 27.1 Å². The number of hydrogen-bond donors (Lipinski definition) is 1. The number of nitrogens with zero attached hydrogens (tertiary/aromatic N) is 3. The van der Waals surface area contributed by atoms with Crippen LogP contribution in [0.2, 0.25) is 0 Å². The zero-order chi connectivity index (χ0) is 18.8. The average Bonchev–Trinajstić information content (AvgIpc) is 3.36. The smallest absolute Gasteiger partial charge is 0.263 e. The van der Waals surface area contributed by atoms with Crippen molar-refractivity contribution in [2.24, 2.45) is 0 Å². The van der Waals surface area contributed by atoms with E-state index in [-0.39, 0.29) is 18.4 Å². The van der Waals surface area contributed by atoms with Crippen molar-refractivity contribution in [2.45, 2.75) is 38.3 Å². The number of aromatic nitrogens is 2. The Hall–Kier alpha value is -2.19. The van der Waals surface area contributed by atoms with E-state index >= 15 is 0 Å². The predicted molar refractivity (Wildman–Crippen MR) is 102 cm³/mol. The third kappa shape index (κ3) is 3.64. The third-order valence-electron chi connectivity index (χ3n) is 5.40. The third-order valence-corrected chi connectivity index (χ3v) is 6.26. The summed E-state index contributed by atoms with van der Waals surface area (Å²) < 4.78 is 7.51. The van der Waals surface area contributed by atoms with E-state index in [0.717, 1.165) is 54.2 Å². The molecule has 27 heavy (non-hydrogen) atoms. The lowest BCUT2D eigenvalue weighted by atomic mass is 9.90. The molecule has 8 heteroatoms. The van der Waals surface area contributed by atoms with Gasteiger partial charge >= 0.3 is 0 Å². The molecule has 7 nitrogen and oxygen atoms in total. The molecular weight excluding hydrogens is 364 g/mol. The molecule has 0 saturated carbocycles. The van der Waals surface area contributed by atoms with Crippen molar-refractivity contribution in [1.82, 2.24) is 20.0 Å². The van der Waals surface area contributed by atoms with Crippen molar-refractivity contribution in [3.8, 4) is 0 Å². The Morgan fingerprint density at radius 3 is 2.89 bits per heavy atom. The van der Waals surface area contributed by atoms with Crippen LogP contribution in [-0.4, -0.2) is 53.2 Å². The standard InChI is InChI=1S/C19H24N4O3S/c1-20-17(24)11-23-15-6-9-26-12-14(15)18(21-23)13-4-7-22(8-5-13)19(25)16-3-2-10-27-16/h2-3,10,13H,4-9,11-12H2,1H3,(H,20,24). The molecule has 1 fully saturated rings. The summed E-state index contributed by atoms with van der Waals surface area (Å²) in [6, 6.07) is 3.79. The SMILES string of the molecule is CNC(=O)Cn1nc(C2CCN(C(=O)c3cccs3)CC2)c2c1CCOC2. The highest BCUT2D eigenvalue weighted by Crippen LogP contribution is 2.33. The maximum Gasteiger partial charge on any atom is 0.263 e. The maximum absolute atomic E-state index is 12.5. The quantitative estimate of drug-likeness (QED) is 0.866. The normalized spacial score (nSPS) is 17.6. The number of ether oxygens (including phenoxy) is 1. The van der Waals surface area contributed by atoms with Gasteiger partial charge in [-0.1, -0.05) is 6.07 Å². The number of hydrogen-bond acceptors (Lipinski definition) is 5. The molecule has 4 rings (SSSR count). The van der Waals surface area contributed by atoms with Crippen LogP contribution < -0.4 is 5.32 Å². The van der Waals surface area contributed by atoms with Gasteiger partial charge in [-0.2, -0.15) is 5.10 Å². The van der Waals surface area contributed by atoms with Crippen molar-refractivity contribution < 1.29 is 14.3 Å². The summed E-state index contributed by atoms with van der Waals surface area (Å²) in [5.74, 6) is 0.382. The van der Waals surface area contributed by atoms with Crippen LogP contribution in [0.15, 0.2) is 17.5 Å². The van der Waals surface area contributed by atoms with Gasteiger partial charge in [0.2, 0.25) is 5.91 Å². The first-order chi connectivity index (χ1) is 13.2. The van der Waals surface area contributed by atoms with Crippen molar-refractivity contribution in [3.63, 3.8) is 0 Å².